The smallest absolute Gasteiger partial charge is 0.225 e. The summed E-state index contributed by atoms with van der Waals surface area (Å²) in [5.41, 5.74) is 8.20. The first-order chi connectivity index (χ1) is 13.5. The average Bonchev–Trinajstić information content (AvgIpc) is 3.17. The number of carbonyl (C=O) groups excluding carboxylic acids is 1. The number of hydrogen-bond acceptors (Lipinski definition) is 4. The summed E-state index contributed by atoms with van der Waals surface area (Å²) in [4.78, 5) is 17.5. The molecular weight excluding hydrogens is 423 g/mol. The number of nitrogens with two attached hydrogens (primary N) is 1. The third kappa shape index (κ3) is 5.75. The van der Waals surface area contributed by atoms with Crippen LogP contribution in [0, 0.1) is 5.92 Å². The van der Waals surface area contributed by atoms with Gasteiger partial charge in [0.25, 0.3) is 0 Å². The van der Waals surface area contributed by atoms with Crippen LogP contribution in [0.3, 0.4) is 0 Å². The highest BCUT2D eigenvalue weighted by Gasteiger charge is 2.27. The number of nitrogens with one attached hydrogen (secondary N) is 1. The molecular formula is C22H28Cl2N4O2. The van der Waals surface area contributed by atoms with Crippen molar-refractivity contribution in [3.63, 3.8) is 0 Å². The fourth-order valence-corrected chi connectivity index (χ4v) is 3.15. The number of methoxy groups -OCH3 is 1. The molecule has 30 heavy (non-hydrogen) atoms. The van der Waals surface area contributed by atoms with Crippen LogP contribution in [0.1, 0.15) is 36.0 Å². The van der Waals surface area contributed by atoms with Crippen molar-refractivity contribution in [2.45, 2.75) is 19.0 Å². The molecule has 0 saturated carbocycles. The molecule has 0 spiro atoms. The van der Waals surface area contributed by atoms with E-state index in [0.717, 1.165) is 22.7 Å². The van der Waals surface area contributed by atoms with E-state index in [0.29, 0.717) is 0 Å². The molecule has 3 unspecified atom stereocenters. The van der Waals surface area contributed by atoms with Crippen LogP contribution in [-0.2, 0) is 11.8 Å². The normalized spacial score (nSPS) is 13.2. The van der Waals surface area contributed by atoms with Gasteiger partial charge in [0.05, 0.1) is 13.0 Å². The predicted octanol–water partition coefficient (Wildman–Crippen LogP) is 3.81. The molecule has 1 aromatic heterocycles. The molecule has 3 aromatic rings. The lowest BCUT2D eigenvalue weighted by Gasteiger charge is -2.24. The summed E-state index contributed by atoms with van der Waals surface area (Å²) >= 11 is 0. The Hall–Kier alpha value is -2.54. The number of amides is 1. The lowest BCUT2D eigenvalue weighted by molar-refractivity contribution is -0.125. The molecule has 0 bridgehead atoms. The van der Waals surface area contributed by atoms with Crippen LogP contribution in [0.25, 0.3) is 0 Å². The zero-order valence-corrected chi connectivity index (χ0v) is 18.8. The Kier molecular flexibility index (Phi) is 9.85. The van der Waals surface area contributed by atoms with E-state index in [1.165, 1.54) is 0 Å². The third-order valence-electron chi connectivity index (χ3n) is 4.99. The van der Waals surface area contributed by atoms with Crippen LogP contribution in [0.5, 0.6) is 5.75 Å². The number of ether oxygens (including phenoxy) is 1. The van der Waals surface area contributed by atoms with Crippen LogP contribution in [-0.4, -0.2) is 22.6 Å². The van der Waals surface area contributed by atoms with Gasteiger partial charge in [-0.2, -0.15) is 0 Å². The first kappa shape index (κ1) is 25.5. The highest BCUT2D eigenvalue weighted by molar-refractivity contribution is 5.85. The minimum atomic E-state index is -0.400. The average molecular weight is 451 g/mol. The molecule has 0 aliphatic heterocycles. The van der Waals surface area contributed by atoms with Gasteiger partial charge in [0.15, 0.2) is 0 Å². The van der Waals surface area contributed by atoms with E-state index in [4.69, 9.17) is 10.5 Å². The summed E-state index contributed by atoms with van der Waals surface area (Å²) < 4.78 is 7.14. The van der Waals surface area contributed by atoms with Gasteiger partial charge < -0.3 is 20.4 Å². The number of imidazole rings is 1. The zero-order valence-electron chi connectivity index (χ0n) is 17.2. The highest BCUT2D eigenvalue weighted by atomic mass is 35.5. The van der Waals surface area contributed by atoms with E-state index >= 15 is 0 Å². The molecule has 3 rings (SSSR count). The van der Waals surface area contributed by atoms with E-state index in [9.17, 15) is 4.79 Å². The van der Waals surface area contributed by atoms with E-state index in [-0.39, 0.29) is 42.8 Å². The lowest BCUT2D eigenvalue weighted by atomic mass is 9.94. The van der Waals surface area contributed by atoms with E-state index in [2.05, 4.69) is 10.3 Å². The molecule has 0 saturated heterocycles. The summed E-state index contributed by atoms with van der Waals surface area (Å²) in [7, 11) is 3.53. The molecule has 8 heteroatoms. The SMILES string of the molecule is COc1ccc(C(NC(=O)C(C)C(N)c2ccccc2)c2nccn2C)cc1.Cl.Cl. The fourth-order valence-electron chi connectivity index (χ4n) is 3.15. The van der Waals surface area contributed by atoms with Crippen molar-refractivity contribution in [3.05, 3.63) is 83.9 Å². The van der Waals surface area contributed by atoms with Crippen LogP contribution < -0.4 is 15.8 Å². The topological polar surface area (TPSA) is 82.2 Å². The summed E-state index contributed by atoms with van der Waals surface area (Å²) in [6, 6.07) is 16.5. The molecule has 0 fully saturated rings. The molecule has 1 heterocycles. The maximum Gasteiger partial charge on any atom is 0.225 e. The largest absolute Gasteiger partial charge is 0.497 e. The first-order valence-corrected chi connectivity index (χ1v) is 9.23. The van der Waals surface area contributed by atoms with Crippen molar-refractivity contribution in [1.82, 2.24) is 14.9 Å². The minimum absolute atomic E-state index is 0. The lowest BCUT2D eigenvalue weighted by Crippen LogP contribution is -2.38. The van der Waals surface area contributed by atoms with E-state index in [1.54, 1.807) is 13.3 Å². The first-order valence-electron chi connectivity index (χ1n) is 9.23. The van der Waals surface area contributed by atoms with Crippen molar-refractivity contribution >= 4 is 30.7 Å². The van der Waals surface area contributed by atoms with Gasteiger partial charge in [-0.05, 0) is 23.3 Å². The Morgan fingerprint density at radius 1 is 1.07 bits per heavy atom. The highest BCUT2D eigenvalue weighted by Crippen LogP contribution is 2.25. The molecule has 162 valence electrons. The van der Waals surface area contributed by atoms with Crippen molar-refractivity contribution in [2.75, 3.05) is 7.11 Å². The van der Waals surface area contributed by atoms with Gasteiger partial charge in [-0.15, -0.1) is 24.8 Å². The van der Waals surface area contributed by atoms with Crippen molar-refractivity contribution in [1.29, 1.82) is 0 Å². The Labute approximate surface area is 189 Å². The van der Waals surface area contributed by atoms with Crippen molar-refractivity contribution in [2.24, 2.45) is 18.7 Å². The molecule has 2 aromatic carbocycles. The molecule has 0 aliphatic carbocycles. The number of aromatic nitrogens is 2. The van der Waals surface area contributed by atoms with Crippen LogP contribution in [0.15, 0.2) is 67.0 Å². The van der Waals surface area contributed by atoms with Crippen LogP contribution in [0.4, 0.5) is 0 Å². The second-order valence-electron chi connectivity index (χ2n) is 6.84. The summed E-state index contributed by atoms with van der Waals surface area (Å²) in [6.45, 7) is 1.84. The minimum Gasteiger partial charge on any atom is -0.497 e. The second kappa shape index (κ2) is 11.6. The zero-order chi connectivity index (χ0) is 20.1. The Morgan fingerprint density at radius 2 is 1.70 bits per heavy atom. The molecule has 6 nitrogen and oxygen atoms in total. The Balaban J connectivity index is 0.00000225. The monoisotopic (exact) mass is 450 g/mol. The summed E-state index contributed by atoms with van der Waals surface area (Å²) in [5.74, 6) is 0.982. The number of aryl methyl sites for hydroxylation is 1. The fraction of sp³-hybridized carbons (Fsp3) is 0.273. The van der Waals surface area contributed by atoms with Crippen molar-refractivity contribution < 1.29 is 9.53 Å². The number of carbonyl (C=O) groups is 1. The molecule has 0 radical (unpaired) electrons. The van der Waals surface area contributed by atoms with Crippen LogP contribution >= 0.6 is 24.8 Å². The maximum atomic E-state index is 13.0. The van der Waals surface area contributed by atoms with Gasteiger partial charge in [0.1, 0.15) is 17.6 Å². The predicted molar refractivity (Wildman–Crippen MR) is 123 cm³/mol. The quantitative estimate of drug-likeness (QED) is 0.573. The van der Waals surface area contributed by atoms with Gasteiger partial charge >= 0.3 is 0 Å². The summed E-state index contributed by atoms with van der Waals surface area (Å²) in [6.07, 6.45) is 3.58. The number of benzene rings is 2. The molecule has 3 N–H and O–H groups in total. The van der Waals surface area contributed by atoms with Gasteiger partial charge in [0.2, 0.25) is 5.91 Å². The van der Waals surface area contributed by atoms with E-state index < -0.39 is 5.92 Å². The number of rotatable bonds is 7. The van der Waals surface area contributed by atoms with Gasteiger partial charge in [-0.3, -0.25) is 4.79 Å². The van der Waals surface area contributed by atoms with Gasteiger partial charge in [-0.25, -0.2) is 4.98 Å². The molecule has 0 aliphatic rings. The number of hydrogen-bond donors (Lipinski definition) is 2. The Morgan fingerprint density at radius 3 is 2.23 bits per heavy atom. The second-order valence-corrected chi connectivity index (χ2v) is 6.84. The van der Waals surface area contributed by atoms with Gasteiger partial charge in [-0.1, -0.05) is 49.4 Å². The molecule has 3 atom stereocenters. The maximum absolute atomic E-state index is 13.0. The Bertz CT molecular complexity index is 916. The van der Waals surface area contributed by atoms with Gasteiger partial charge in [0, 0.05) is 25.5 Å². The number of halogens is 2. The summed E-state index contributed by atoms with van der Waals surface area (Å²) in [5, 5.41) is 3.12. The van der Waals surface area contributed by atoms with E-state index in [1.807, 2.05) is 79.3 Å². The number of nitrogens with zero attached hydrogens (tertiary/aromatic N) is 2. The third-order valence-corrected chi connectivity index (χ3v) is 4.99. The molecule has 1 amide bonds. The van der Waals surface area contributed by atoms with Crippen molar-refractivity contribution in [3.8, 4) is 5.75 Å². The standard InChI is InChI=1S/C22H26N4O2.2ClH/c1-15(19(23)16-7-5-4-6-8-16)22(27)25-20(21-24-13-14-26(21)2)17-9-11-18(28-3)12-10-17;;/h4-15,19-20H,23H2,1-3H3,(H,25,27);2*1H. The van der Waals surface area contributed by atoms with Crippen LogP contribution in [0.2, 0.25) is 0 Å².